The molecule has 8 heteroatoms. The molecule has 3 aromatic rings. The van der Waals surface area contributed by atoms with Crippen molar-refractivity contribution in [2.75, 3.05) is 7.11 Å². The van der Waals surface area contributed by atoms with Crippen LogP contribution < -0.4 is 4.80 Å². The highest BCUT2D eigenvalue weighted by atomic mass is 32.1. The smallest absolute Gasteiger partial charge is 0.325 e. The minimum Gasteiger partial charge on any atom is -0.468 e. The van der Waals surface area contributed by atoms with E-state index in [1.807, 2.05) is 26.0 Å². The molecule has 28 heavy (non-hydrogen) atoms. The molecule has 0 saturated carbocycles. The Morgan fingerprint density at radius 3 is 2.64 bits per heavy atom. The zero-order chi connectivity index (χ0) is 20.4. The fourth-order valence-corrected chi connectivity index (χ4v) is 4.04. The first-order valence-electron chi connectivity index (χ1n) is 9.17. The van der Waals surface area contributed by atoms with E-state index in [1.165, 1.54) is 24.0 Å². The van der Waals surface area contributed by atoms with Gasteiger partial charge in [-0.25, -0.2) is 0 Å². The van der Waals surface area contributed by atoms with Gasteiger partial charge in [-0.3, -0.25) is 14.3 Å². The predicted octanol–water partition coefficient (Wildman–Crippen LogP) is 3.27. The van der Waals surface area contributed by atoms with Crippen molar-refractivity contribution in [3.63, 3.8) is 0 Å². The van der Waals surface area contributed by atoms with Crippen molar-refractivity contribution in [2.45, 2.75) is 46.7 Å². The SMILES string of the molecule is CCn1nc(C(=O)N=c2sc3cc(C(C)C)ccc3n2CC(=O)OC)cc1C. The summed E-state index contributed by atoms with van der Waals surface area (Å²) in [5, 5.41) is 4.30. The van der Waals surface area contributed by atoms with E-state index in [4.69, 9.17) is 4.74 Å². The molecule has 3 rings (SSSR count). The molecule has 0 bridgehead atoms. The van der Waals surface area contributed by atoms with Crippen LogP contribution in [0.2, 0.25) is 0 Å². The number of thiazole rings is 1. The van der Waals surface area contributed by atoms with Crippen LogP contribution in [0.3, 0.4) is 0 Å². The summed E-state index contributed by atoms with van der Waals surface area (Å²) in [5.74, 6) is -0.444. The van der Waals surface area contributed by atoms with Gasteiger partial charge in [0.25, 0.3) is 5.91 Å². The molecule has 0 aliphatic heterocycles. The number of methoxy groups -OCH3 is 1. The zero-order valence-corrected chi connectivity index (χ0v) is 17.5. The van der Waals surface area contributed by atoms with Crippen LogP contribution in [0, 0.1) is 6.92 Å². The number of amides is 1. The third kappa shape index (κ3) is 3.91. The fourth-order valence-electron chi connectivity index (χ4n) is 2.96. The van der Waals surface area contributed by atoms with Crippen LogP contribution in [0.25, 0.3) is 10.2 Å². The molecule has 0 aliphatic carbocycles. The normalized spacial score (nSPS) is 12.1. The molecule has 0 radical (unpaired) electrons. The molecule has 0 spiro atoms. The Morgan fingerprint density at radius 2 is 2.04 bits per heavy atom. The number of fused-ring (bicyclic) bond motifs is 1. The van der Waals surface area contributed by atoms with Crippen LogP contribution >= 0.6 is 11.3 Å². The Bertz CT molecular complexity index is 1100. The number of ether oxygens (including phenoxy) is 1. The van der Waals surface area contributed by atoms with Crippen molar-refractivity contribution < 1.29 is 14.3 Å². The van der Waals surface area contributed by atoms with Crippen molar-refractivity contribution in [3.8, 4) is 0 Å². The van der Waals surface area contributed by atoms with Gasteiger partial charge in [0.05, 0.1) is 17.3 Å². The number of carbonyl (C=O) groups excluding carboxylic acids is 2. The molecule has 0 atom stereocenters. The molecule has 0 fully saturated rings. The van der Waals surface area contributed by atoms with Crippen molar-refractivity contribution >= 4 is 33.4 Å². The molecular formula is C20H24N4O3S. The number of rotatable bonds is 5. The lowest BCUT2D eigenvalue weighted by atomic mass is 10.0. The summed E-state index contributed by atoms with van der Waals surface area (Å²) in [5.41, 5.74) is 3.24. The average Bonchev–Trinajstić information content (AvgIpc) is 3.21. The Morgan fingerprint density at radius 1 is 1.29 bits per heavy atom. The summed E-state index contributed by atoms with van der Waals surface area (Å²) in [6.45, 7) is 8.79. The molecular weight excluding hydrogens is 376 g/mol. The van der Waals surface area contributed by atoms with E-state index < -0.39 is 11.9 Å². The third-order valence-corrected chi connectivity index (χ3v) is 5.63. The van der Waals surface area contributed by atoms with Crippen molar-refractivity contribution in [2.24, 2.45) is 4.99 Å². The number of aromatic nitrogens is 3. The van der Waals surface area contributed by atoms with E-state index in [0.717, 1.165) is 15.9 Å². The van der Waals surface area contributed by atoms with Gasteiger partial charge in [0.1, 0.15) is 6.54 Å². The Labute approximate surface area is 167 Å². The van der Waals surface area contributed by atoms with Crippen LogP contribution in [-0.2, 0) is 22.6 Å². The van der Waals surface area contributed by atoms with Gasteiger partial charge in [-0.2, -0.15) is 10.1 Å². The maximum atomic E-state index is 12.7. The Hall–Kier alpha value is -2.74. The predicted molar refractivity (Wildman–Crippen MR) is 108 cm³/mol. The van der Waals surface area contributed by atoms with Crippen LogP contribution in [0.1, 0.15) is 48.4 Å². The largest absolute Gasteiger partial charge is 0.468 e. The van der Waals surface area contributed by atoms with Crippen LogP contribution in [0.4, 0.5) is 0 Å². The van der Waals surface area contributed by atoms with E-state index >= 15 is 0 Å². The lowest BCUT2D eigenvalue weighted by molar-refractivity contribution is -0.141. The van der Waals surface area contributed by atoms with E-state index in [-0.39, 0.29) is 6.54 Å². The van der Waals surface area contributed by atoms with Crippen molar-refractivity contribution in [1.82, 2.24) is 14.3 Å². The van der Waals surface area contributed by atoms with Crippen LogP contribution in [-0.4, -0.2) is 33.3 Å². The van der Waals surface area contributed by atoms with E-state index in [1.54, 1.807) is 15.3 Å². The van der Waals surface area contributed by atoms with E-state index in [9.17, 15) is 9.59 Å². The number of esters is 1. The lowest BCUT2D eigenvalue weighted by Crippen LogP contribution is -2.22. The van der Waals surface area contributed by atoms with E-state index in [0.29, 0.717) is 23.0 Å². The van der Waals surface area contributed by atoms with Gasteiger partial charge in [-0.1, -0.05) is 31.3 Å². The Balaban J connectivity index is 2.13. The standard InChI is InChI=1S/C20H24N4O3S/c1-6-24-13(4)9-15(22-24)19(26)21-20-23(11-18(25)27-5)16-8-7-14(12(2)3)10-17(16)28-20/h7-10,12H,6,11H2,1-5H3. The molecule has 1 aromatic carbocycles. The van der Waals surface area contributed by atoms with Crippen molar-refractivity contribution in [3.05, 3.63) is 46.0 Å². The summed E-state index contributed by atoms with van der Waals surface area (Å²) in [4.78, 5) is 29.3. The fraction of sp³-hybridized carbons (Fsp3) is 0.400. The van der Waals surface area contributed by atoms with Crippen LogP contribution in [0.15, 0.2) is 29.3 Å². The second-order valence-electron chi connectivity index (χ2n) is 6.83. The van der Waals surface area contributed by atoms with Gasteiger partial charge in [0, 0.05) is 12.2 Å². The summed E-state index contributed by atoms with van der Waals surface area (Å²) in [6, 6.07) is 7.80. The quantitative estimate of drug-likeness (QED) is 0.616. The highest BCUT2D eigenvalue weighted by molar-refractivity contribution is 7.16. The van der Waals surface area contributed by atoms with Gasteiger partial charge in [-0.05, 0) is 43.5 Å². The number of carbonyl (C=O) groups is 2. The molecule has 2 aromatic heterocycles. The van der Waals surface area contributed by atoms with E-state index in [2.05, 4.69) is 30.0 Å². The number of nitrogens with zero attached hydrogens (tertiary/aromatic N) is 4. The second kappa shape index (κ2) is 8.10. The Kier molecular flexibility index (Phi) is 5.79. The second-order valence-corrected chi connectivity index (χ2v) is 7.84. The maximum absolute atomic E-state index is 12.7. The lowest BCUT2D eigenvalue weighted by Gasteiger charge is -2.06. The summed E-state index contributed by atoms with van der Waals surface area (Å²) in [6.07, 6.45) is 0. The molecule has 7 nitrogen and oxygen atoms in total. The number of aryl methyl sites for hydroxylation is 2. The molecule has 2 heterocycles. The summed E-state index contributed by atoms with van der Waals surface area (Å²) >= 11 is 1.38. The number of benzene rings is 1. The third-order valence-electron chi connectivity index (χ3n) is 4.59. The summed E-state index contributed by atoms with van der Waals surface area (Å²) in [7, 11) is 1.34. The minimum absolute atomic E-state index is 0.00787. The first-order valence-corrected chi connectivity index (χ1v) is 9.99. The van der Waals surface area contributed by atoms with Gasteiger partial charge >= 0.3 is 5.97 Å². The highest BCUT2D eigenvalue weighted by Crippen LogP contribution is 2.23. The van der Waals surface area contributed by atoms with Crippen molar-refractivity contribution in [1.29, 1.82) is 0 Å². The number of hydrogen-bond acceptors (Lipinski definition) is 5. The van der Waals surface area contributed by atoms with Gasteiger partial charge in [0.2, 0.25) is 0 Å². The first kappa shape index (κ1) is 20.0. The zero-order valence-electron chi connectivity index (χ0n) is 16.7. The molecule has 0 aliphatic rings. The summed E-state index contributed by atoms with van der Waals surface area (Å²) < 4.78 is 9.26. The minimum atomic E-state index is -0.426. The molecule has 0 unspecified atom stereocenters. The first-order chi connectivity index (χ1) is 13.3. The topological polar surface area (TPSA) is 78.5 Å². The molecule has 0 saturated heterocycles. The van der Waals surface area contributed by atoms with Gasteiger partial charge in [-0.15, -0.1) is 0 Å². The van der Waals surface area contributed by atoms with Gasteiger partial charge < -0.3 is 9.30 Å². The molecule has 0 N–H and O–H groups in total. The number of hydrogen-bond donors (Lipinski definition) is 0. The molecule has 1 amide bonds. The average molecular weight is 401 g/mol. The van der Waals surface area contributed by atoms with Crippen LogP contribution in [0.5, 0.6) is 0 Å². The maximum Gasteiger partial charge on any atom is 0.325 e. The highest BCUT2D eigenvalue weighted by Gasteiger charge is 2.15. The monoisotopic (exact) mass is 400 g/mol. The molecule has 148 valence electrons. The van der Waals surface area contributed by atoms with Gasteiger partial charge in [0.15, 0.2) is 10.5 Å².